The molecule has 0 atom stereocenters. The molecule has 0 aliphatic carbocycles. The molecule has 0 saturated carbocycles. The van der Waals surface area contributed by atoms with Crippen LogP contribution in [0.1, 0.15) is 11.1 Å². The van der Waals surface area contributed by atoms with E-state index in [0.29, 0.717) is 27.7 Å². The van der Waals surface area contributed by atoms with E-state index in [9.17, 15) is 22.4 Å². The first-order chi connectivity index (χ1) is 14.7. The monoisotopic (exact) mass is 426 g/mol. The molecule has 9 heteroatoms. The van der Waals surface area contributed by atoms with Gasteiger partial charge in [-0.15, -0.1) is 0 Å². The number of hydrogen-bond acceptors (Lipinski definition) is 3. The summed E-state index contributed by atoms with van der Waals surface area (Å²) in [6, 6.07) is 7.90. The number of H-pyrrole nitrogens is 1. The summed E-state index contributed by atoms with van der Waals surface area (Å²) in [6.45, 7) is 0. The molecule has 5 nitrogen and oxygen atoms in total. The third-order valence-electron chi connectivity index (χ3n) is 4.63. The number of primary amides is 1. The highest BCUT2D eigenvalue weighted by atomic mass is 19.4. The number of benzene rings is 1. The van der Waals surface area contributed by atoms with E-state index in [4.69, 9.17) is 5.73 Å². The largest absolute Gasteiger partial charge is 0.416 e. The highest BCUT2D eigenvalue weighted by molar-refractivity contribution is 5.96. The molecule has 0 unspecified atom stereocenters. The average Bonchev–Trinajstić information content (AvgIpc) is 3.15. The van der Waals surface area contributed by atoms with Crippen molar-refractivity contribution in [1.29, 1.82) is 0 Å². The van der Waals surface area contributed by atoms with Crippen LogP contribution in [0.25, 0.3) is 39.4 Å². The normalized spacial score (nSPS) is 12.0. The maximum absolute atomic E-state index is 13.4. The lowest BCUT2D eigenvalue weighted by molar-refractivity contribution is -0.137. The summed E-state index contributed by atoms with van der Waals surface area (Å²) in [6.07, 6.45) is 2.11. The minimum absolute atomic E-state index is 0.167. The predicted octanol–water partition coefficient (Wildman–Crippen LogP) is 4.95. The average molecular weight is 426 g/mol. The summed E-state index contributed by atoms with van der Waals surface area (Å²) in [5.74, 6) is -1.39. The van der Waals surface area contributed by atoms with Crippen molar-refractivity contribution in [3.8, 4) is 22.3 Å². The van der Waals surface area contributed by atoms with E-state index in [0.717, 1.165) is 18.2 Å². The first kappa shape index (κ1) is 20.3. The first-order valence-corrected chi connectivity index (χ1v) is 9.00. The van der Waals surface area contributed by atoms with Crippen molar-refractivity contribution in [2.45, 2.75) is 6.18 Å². The Hall–Kier alpha value is -4.01. The molecule has 3 aromatic heterocycles. The molecule has 0 spiro atoms. The first-order valence-electron chi connectivity index (χ1n) is 9.00. The number of pyridine rings is 2. The van der Waals surface area contributed by atoms with E-state index >= 15 is 0 Å². The van der Waals surface area contributed by atoms with Crippen LogP contribution in [0.3, 0.4) is 0 Å². The summed E-state index contributed by atoms with van der Waals surface area (Å²) in [7, 11) is 0. The van der Waals surface area contributed by atoms with Crippen LogP contribution in [0.4, 0.5) is 17.6 Å². The lowest BCUT2D eigenvalue weighted by Crippen LogP contribution is -2.06. The number of nitrogens with two attached hydrogens (primary N) is 1. The number of rotatable bonds is 4. The smallest absolute Gasteiger partial charge is 0.366 e. The van der Waals surface area contributed by atoms with Crippen molar-refractivity contribution < 1.29 is 22.4 Å². The number of carbonyl (C=O) groups is 1. The molecule has 0 aliphatic heterocycles. The van der Waals surface area contributed by atoms with Crippen LogP contribution in [-0.2, 0) is 11.0 Å². The minimum atomic E-state index is -4.58. The van der Waals surface area contributed by atoms with Gasteiger partial charge in [0.15, 0.2) is 0 Å². The molecule has 4 rings (SSSR count). The Morgan fingerprint density at radius 3 is 2.45 bits per heavy atom. The van der Waals surface area contributed by atoms with Gasteiger partial charge in [0.2, 0.25) is 11.9 Å². The zero-order chi connectivity index (χ0) is 22.2. The number of alkyl halides is 3. The molecular formula is C22H14F4N4O. The Labute approximate surface area is 173 Å². The van der Waals surface area contributed by atoms with Crippen molar-refractivity contribution in [1.82, 2.24) is 15.0 Å². The zero-order valence-corrected chi connectivity index (χ0v) is 15.7. The van der Waals surface area contributed by atoms with Crippen LogP contribution in [0.2, 0.25) is 0 Å². The highest BCUT2D eigenvalue weighted by Gasteiger charge is 2.31. The summed E-state index contributed by atoms with van der Waals surface area (Å²) in [5, 5.41) is 0.637. The number of carbonyl (C=O) groups excluding carboxylic acids is 1. The summed E-state index contributed by atoms with van der Waals surface area (Å²) in [4.78, 5) is 21.9. The van der Waals surface area contributed by atoms with Crippen LogP contribution < -0.4 is 5.73 Å². The molecule has 0 radical (unpaired) electrons. The number of nitrogens with zero attached hydrogens (tertiary/aromatic N) is 2. The van der Waals surface area contributed by atoms with Gasteiger partial charge in [-0.25, -0.2) is 9.97 Å². The minimum Gasteiger partial charge on any atom is -0.366 e. The van der Waals surface area contributed by atoms with Gasteiger partial charge >= 0.3 is 6.18 Å². The number of halogens is 4. The molecule has 1 amide bonds. The maximum Gasteiger partial charge on any atom is 0.416 e. The lowest BCUT2D eigenvalue weighted by Gasteiger charge is -2.11. The number of nitrogens with one attached hydrogen (secondary N) is 1. The van der Waals surface area contributed by atoms with Crippen molar-refractivity contribution in [2.75, 3.05) is 0 Å². The highest BCUT2D eigenvalue weighted by Crippen LogP contribution is 2.35. The van der Waals surface area contributed by atoms with E-state index in [1.54, 1.807) is 18.3 Å². The second-order valence-electron chi connectivity index (χ2n) is 6.77. The van der Waals surface area contributed by atoms with Gasteiger partial charge in [-0.2, -0.15) is 17.6 Å². The fourth-order valence-corrected chi connectivity index (χ4v) is 3.19. The van der Waals surface area contributed by atoms with Crippen molar-refractivity contribution in [3.63, 3.8) is 0 Å². The van der Waals surface area contributed by atoms with Gasteiger partial charge in [-0.1, -0.05) is 0 Å². The lowest BCUT2D eigenvalue weighted by atomic mass is 9.98. The Balaban J connectivity index is 1.86. The van der Waals surface area contributed by atoms with Gasteiger partial charge in [-0.05, 0) is 53.6 Å². The third-order valence-corrected chi connectivity index (χ3v) is 4.63. The SMILES string of the molecule is NC(=O)C=Cc1cc(-c2cnc3[nH]cc(-c4ccc(F)nc4)c3c2)cc(C(F)(F)F)c1. The molecule has 1 aromatic carbocycles. The van der Waals surface area contributed by atoms with Gasteiger partial charge in [0, 0.05) is 46.7 Å². The quantitative estimate of drug-likeness (QED) is 0.275. The molecule has 3 N–H and O–H groups in total. The Morgan fingerprint density at radius 2 is 1.77 bits per heavy atom. The molecule has 0 saturated heterocycles. The predicted molar refractivity (Wildman–Crippen MR) is 108 cm³/mol. The van der Waals surface area contributed by atoms with Crippen molar-refractivity contribution >= 4 is 23.0 Å². The van der Waals surface area contributed by atoms with E-state index in [2.05, 4.69) is 15.0 Å². The van der Waals surface area contributed by atoms with Crippen LogP contribution in [0.5, 0.6) is 0 Å². The molecule has 0 fully saturated rings. The fraction of sp³-hybridized carbons (Fsp3) is 0.0455. The molecule has 0 bridgehead atoms. The van der Waals surface area contributed by atoms with Gasteiger partial charge < -0.3 is 10.7 Å². The third kappa shape index (κ3) is 4.30. The van der Waals surface area contributed by atoms with E-state index in [1.165, 1.54) is 30.6 Å². The number of hydrogen-bond donors (Lipinski definition) is 2. The van der Waals surface area contributed by atoms with Crippen LogP contribution in [0, 0.1) is 5.95 Å². The van der Waals surface area contributed by atoms with Crippen molar-refractivity contribution in [3.05, 3.63) is 78.1 Å². The number of fused-ring (bicyclic) bond motifs is 1. The summed E-state index contributed by atoms with van der Waals surface area (Å²) in [5.41, 5.74) is 6.87. The van der Waals surface area contributed by atoms with Crippen LogP contribution in [-0.4, -0.2) is 20.9 Å². The number of aromatic nitrogens is 3. The zero-order valence-electron chi connectivity index (χ0n) is 15.7. The van der Waals surface area contributed by atoms with E-state index < -0.39 is 23.6 Å². The van der Waals surface area contributed by atoms with E-state index in [-0.39, 0.29) is 11.1 Å². The van der Waals surface area contributed by atoms with Crippen LogP contribution in [0.15, 0.2) is 61.1 Å². The van der Waals surface area contributed by atoms with E-state index in [1.807, 2.05) is 0 Å². The second-order valence-corrected chi connectivity index (χ2v) is 6.77. The molecule has 3 heterocycles. The summed E-state index contributed by atoms with van der Waals surface area (Å²) >= 11 is 0. The molecule has 31 heavy (non-hydrogen) atoms. The van der Waals surface area contributed by atoms with Crippen molar-refractivity contribution in [2.24, 2.45) is 5.73 Å². The number of amides is 1. The van der Waals surface area contributed by atoms with Gasteiger partial charge in [0.25, 0.3) is 0 Å². The molecular weight excluding hydrogens is 412 g/mol. The molecule has 4 aromatic rings. The standard InChI is InChI=1S/C22H14F4N4O/c23-19-3-2-13(9-28-19)18-11-30-21-17(18)8-15(10-29-21)14-5-12(1-4-20(27)31)6-16(7-14)22(24,25)26/h1-11H,(H2,27,31)(H,29,30). The van der Waals surface area contributed by atoms with Crippen LogP contribution >= 0.6 is 0 Å². The van der Waals surface area contributed by atoms with Gasteiger partial charge in [-0.3, -0.25) is 4.79 Å². The fourth-order valence-electron chi connectivity index (χ4n) is 3.19. The second kappa shape index (κ2) is 7.67. The summed E-state index contributed by atoms with van der Waals surface area (Å²) < 4.78 is 53.4. The Bertz CT molecular complexity index is 1310. The number of aromatic amines is 1. The molecule has 0 aliphatic rings. The topological polar surface area (TPSA) is 84.7 Å². The van der Waals surface area contributed by atoms with Gasteiger partial charge in [0.1, 0.15) is 5.65 Å². The Morgan fingerprint density at radius 1 is 1.00 bits per heavy atom. The molecule has 156 valence electrons. The van der Waals surface area contributed by atoms with Gasteiger partial charge in [0.05, 0.1) is 5.56 Å². The Kier molecular flexibility index (Phi) is 5.02. The maximum atomic E-state index is 13.4.